The van der Waals surface area contributed by atoms with Crippen molar-refractivity contribution in [3.8, 4) is 9.75 Å². The molecule has 0 N–H and O–H groups in total. The van der Waals surface area contributed by atoms with Gasteiger partial charge in [-0.25, -0.2) is 0 Å². The highest BCUT2D eigenvalue weighted by molar-refractivity contribution is 9.13. The van der Waals surface area contributed by atoms with Gasteiger partial charge in [0.15, 0.2) is 0 Å². The quantitative estimate of drug-likeness (QED) is 0.529. The molecule has 0 fully saturated rings. The summed E-state index contributed by atoms with van der Waals surface area (Å²) in [7, 11) is 0. The molecular formula is C9H5Br3S2. The number of hydrogen-bond acceptors (Lipinski definition) is 2. The number of halogens is 3. The summed E-state index contributed by atoms with van der Waals surface area (Å²) in [4.78, 5) is 2.60. The molecule has 5 heteroatoms. The lowest BCUT2D eigenvalue weighted by Crippen LogP contribution is -1.60. The summed E-state index contributed by atoms with van der Waals surface area (Å²) in [6, 6.07) is 4.35. The van der Waals surface area contributed by atoms with Crippen molar-refractivity contribution in [1.29, 1.82) is 0 Å². The minimum atomic E-state index is 1.12. The predicted octanol–water partition coefficient (Wildman–Crippen LogP) is 6.07. The lowest BCUT2D eigenvalue weighted by atomic mass is 10.3. The third-order valence-electron chi connectivity index (χ3n) is 1.75. The second kappa shape index (κ2) is 4.37. The summed E-state index contributed by atoms with van der Waals surface area (Å²) in [6.07, 6.45) is 0. The van der Waals surface area contributed by atoms with Crippen LogP contribution in [0.4, 0.5) is 0 Å². The molecule has 0 aliphatic carbocycles. The van der Waals surface area contributed by atoms with Crippen molar-refractivity contribution < 1.29 is 0 Å². The van der Waals surface area contributed by atoms with Crippen LogP contribution in [0.25, 0.3) is 9.75 Å². The van der Waals surface area contributed by atoms with Crippen molar-refractivity contribution in [3.05, 3.63) is 29.7 Å². The molecule has 0 aliphatic heterocycles. The van der Waals surface area contributed by atoms with Crippen LogP contribution in [0.3, 0.4) is 0 Å². The molecule has 0 bridgehead atoms. The Balaban J connectivity index is 2.49. The summed E-state index contributed by atoms with van der Waals surface area (Å²) in [5.41, 5.74) is 1.30. The zero-order chi connectivity index (χ0) is 10.3. The lowest BCUT2D eigenvalue weighted by Gasteiger charge is -1.86. The van der Waals surface area contributed by atoms with Crippen molar-refractivity contribution in [3.63, 3.8) is 0 Å². The van der Waals surface area contributed by atoms with Crippen molar-refractivity contribution in [1.82, 2.24) is 0 Å². The van der Waals surface area contributed by atoms with E-state index in [0.717, 1.165) is 8.26 Å². The first-order valence-corrected chi connectivity index (χ1v) is 7.80. The van der Waals surface area contributed by atoms with Gasteiger partial charge in [0.05, 0.1) is 7.57 Å². The molecule has 2 aromatic rings. The average Bonchev–Trinajstić information content (AvgIpc) is 2.60. The second-order valence-electron chi connectivity index (χ2n) is 2.80. The predicted molar refractivity (Wildman–Crippen MR) is 75.5 cm³/mol. The van der Waals surface area contributed by atoms with Crippen molar-refractivity contribution in [2.75, 3.05) is 0 Å². The molecule has 2 aromatic heterocycles. The van der Waals surface area contributed by atoms with E-state index in [4.69, 9.17) is 0 Å². The Hall–Kier alpha value is 0.840. The van der Waals surface area contributed by atoms with Crippen molar-refractivity contribution in [2.45, 2.75) is 6.92 Å². The van der Waals surface area contributed by atoms with Crippen LogP contribution in [0.2, 0.25) is 0 Å². The maximum Gasteiger partial charge on any atom is 0.0847 e. The van der Waals surface area contributed by atoms with Crippen LogP contribution in [0, 0.1) is 6.92 Å². The number of hydrogen-bond donors (Lipinski definition) is 0. The summed E-state index contributed by atoms with van der Waals surface area (Å²) < 4.78 is 3.49. The van der Waals surface area contributed by atoms with Crippen LogP contribution in [0.1, 0.15) is 5.56 Å². The van der Waals surface area contributed by atoms with E-state index in [2.05, 4.69) is 66.8 Å². The Kier molecular flexibility index (Phi) is 3.54. The number of aryl methyl sites for hydroxylation is 1. The molecule has 14 heavy (non-hydrogen) atoms. The molecule has 0 spiro atoms. The Morgan fingerprint density at radius 3 is 1.93 bits per heavy atom. The van der Waals surface area contributed by atoms with Crippen molar-refractivity contribution >= 4 is 70.5 Å². The monoisotopic (exact) mass is 414 g/mol. The molecule has 0 amide bonds. The van der Waals surface area contributed by atoms with Crippen LogP contribution in [0.15, 0.2) is 24.2 Å². The second-order valence-corrected chi connectivity index (χ2v) is 8.39. The number of thiophene rings is 2. The third kappa shape index (κ3) is 2.16. The zero-order valence-electron chi connectivity index (χ0n) is 7.11. The average molecular weight is 417 g/mol. The van der Waals surface area contributed by atoms with Crippen LogP contribution < -0.4 is 0 Å². The molecule has 0 saturated heterocycles. The topological polar surface area (TPSA) is 0 Å². The van der Waals surface area contributed by atoms with Crippen molar-refractivity contribution in [2.24, 2.45) is 0 Å². The van der Waals surface area contributed by atoms with E-state index in [1.54, 1.807) is 22.7 Å². The van der Waals surface area contributed by atoms with E-state index in [1.165, 1.54) is 19.1 Å². The fraction of sp³-hybridized carbons (Fsp3) is 0.111. The molecule has 0 unspecified atom stereocenters. The highest BCUT2D eigenvalue weighted by Crippen LogP contribution is 2.42. The highest BCUT2D eigenvalue weighted by Gasteiger charge is 2.10. The summed E-state index contributed by atoms with van der Waals surface area (Å²) in [6.45, 7) is 2.11. The van der Waals surface area contributed by atoms with E-state index in [0.29, 0.717) is 0 Å². The Morgan fingerprint density at radius 1 is 0.929 bits per heavy atom. The van der Waals surface area contributed by atoms with Gasteiger partial charge in [0.25, 0.3) is 0 Å². The standard InChI is InChI=1S/C9H5Br3S2/c1-4-2-6(13-8(4)11)7-3-5(10)9(12)14-7/h2-3H,1H3. The SMILES string of the molecule is Cc1cc(-c2cc(Br)c(Br)s2)sc1Br. The van der Waals surface area contributed by atoms with Gasteiger partial charge in [0.1, 0.15) is 0 Å². The van der Waals surface area contributed by atoms with Gasteiger partial charge in [-0.3, -0.25) is 0 Å². The van der Waals surface area contributed by atoms with Gasteiger partial charge in [-0.15, -0.1) is 22.7 Å². The summed E-state index contributed by atoms with van der Waals surface area (Å²) in [5.74, 6) is 0. The lowest BCUT2D eigenvalue weighted by molar-refractivity contribution is 1.53. The Labute approximate surface area is 116 Å². The van der Waals surface area contributed by atoms with Gasteiger partial charge in [-0.1, -0.05) is 0 Å². The zero-order valence-corrected chi connectivity index (χ0v) is 13.5. The fourth-order valence-electron chi connectivity index (χ4n) is 1.05. The van der Waals surface area contributed by atoms with Gasteiger partial charge in [0.2, 0.25) is 0 Å². The minimum Gasteiger partial charge on any atom is -0.127 e. The van der Waals surface area contributed by atoms with Gasteiger partial charge in [-0.2, -0.15) is 0 Å². The van der Waals surface area contributed by atoms with Gasteiger partial charge in [-0.05, 0) is 72.4 Å². The van der Waals surface area contributed by atoms with Gasteiger partial charge >= 0.3 is 0 Å². The Morgan fingerprint density at radius 2 is 1.50 bits per heavy atom. The van der Waals surface area contributed by atoms with Crippen LogP contribution in [-0.4, -0.2) is 0 Å². The van der Waals surface area contributed by atoms with Gasteiger partial charge in [0, 0.05) is 14.2 Å². The molecular weight excluding hydrogens is 412 g/mol. The molecule has 0 nitrogen and oxygen atoms in total. The maximum absolute atomic E-state index is 3.54. The number of rotatable bonds is 1. The van der Waals surface area contributed by atoms with E-state index in [-0.39, 0.29) is 0 Å². The van der Waals surface area contributed by atoms with E-state index in [9.17, 15) is 0 Å². The first kappa shape index (κ1) is 11.3. The maximum atomic E-state index is 3.54. The fourth-order valence-corrected chi connectivity index (χ4v) is 4.69. The summed E-state index contributed by atoms with van der Waals surface area (Å²) >= 11 is 14.1. The highest BCUT2D eigenvalue weighted by atomic mass is 79.9. The molecule has 0 saturated carbocycles. The molecule has 0 aromatic carbocycles. The summed E-state index contributed by atoms with van der Waals surface area (Å²) in [5, 5.41) is 0. The van der Waals surface area contributed by atoms with Crippen LogP contribution in [-0.2, 0) is 0 Å². The Bertz CT molecular complexity index is 387. The first-order chi connectivity index (χ1) is 6.58. The third-order valence-corrected chi connectivity index (χ3v) is 7.33. The minimum absolute atomic E-state index is 1.12. The molecule has 0 atom stereocenters. The van der Waals surface area contributed by atoms with E-state index < -0.39 is 0 Å². The first-order valence-electron chi connectivity index (χ1n) is 3.79. The van der Waals surface area contributed by atoms with Crippen LogP contribution in [0.5, 0.6) is 0 Å². The molecule has 74 valence electrons. The van der Waals surface area contributed by atoms with Gasteiger partial charge < -0.3 is 0 Å². The smallest absolute Gasteiger partial charge is 0.0847 e. The van der Waals surface area contributed by atoms with E-state index in [1.807, 2.05) is 0 Å². The largest absolute Gasteiger partial charge is 0.127 e. The molecule has 2 heterocycles. The molecule has 0 radical (unpaired) electrons. The normalized spacial score (nSPS) is 10.9. The van der Waals surface area contributed by atoms with E-state index >= 15 is 0 Å². The molecule has 2 rings (SSSR count). The molecule has 0 aliphatic rings. The van der Waals surface area contributed by atoms with Crippen LogP contribution >= 0.6 is 70.5 Å².